The van der Waals surface area contributed by atoms with Crippen molar-refractivity contribution in [1.82, 2.24) is 9.42 Å². The maximum atomic E-state index is 12.8. The topological polar surface area (TPSA) is 95.0 Å². The summed E-state index contributed by atoms with van der Waals surface area (Å²) in [7, 11) is -4.53. The van der Waals surface area contributed by atoms with E-state index < -0.39 is 43.5 Å². The van der Waals surface area contributed by atoms with E-state index >= 15 is 0 Å². The van der Waals surface area contributed by atoms with Crippen LogP contribution in [0.5, 0.6) is 0 Å². The number of halogens is 1. The molecule has 0 bridgehead atoms. The Balaban J connectivity index is 2.46. The number of rotatable bonds is 4. The molecule has 10 heteroatoms. The Kier molecular flexibility index (Phi) is 4.86. The minimum absolute atomic E-state index is 0.0258. The molecule has 1 heterocycles. The van der Waals surface area contributed by atoms with Crippen molar-refractivity contribution in [2.24, 2.45) is 0 Å². The van der Waals surface area contributed by atoms with Gasteiger partial charge in [0.2, 0.25) is 0 Å². The van der Waals surface area contributed by atoms with Crippen molar-refractivity contribution >= 4 is 31.5 Å². The lowest BCUT2D eigenvalue weighted by Crippen LogP contribution is -2.53. The molecule has 0 aromatic heterocycles. The Morgan fingerprint density at radius 2 is 1.73 bits per heavy atom. The van der Waals surface area contributed by atoms with Gasteiger partial charge < -0.3 is 5.11 Å². The van der Waals surface area contributed by atoms with Gasteiger partial charge in [-0.25, -0.2) is 21.8 Å². The van der Waals surface area contributed by atoms with Crippen molar-refractivity contribution in [1.29, 1.82) is 0 Å². The fourth-order valence-corrected chi connectivity index (χ4v) is 6.11. The summed E-state index contributed by atoms with van der Waals surface area (Å²) in [6.45, 7) is 0. The summed E-state index contributed by atoms with van der Waals surface area (Å²) in [6, 6.07) is 4.49. The Hall–Kier alpha value is -0.710. The summed E-state index contributed by atoms with van der Waals surface area (Å²) in [6.07, 6.45) is -1.27. The van der Waals surface area contributed by atoms with Crippen LogP contribution in [0.4, 0.5) is 0 Å². The van der Waals surface area contributed by atoms with Gasteiger partial charge in [-0.1, -0.05) is 11.6 Å². The highest BCUT2D eigenvalue weighted by Crippen LogP contribution is 2.26. The van der Waals surface area contributed by atoms with E-state index in [1.807, 2.05) is 0 Å². The number of aliphatic hydroxyl groups is 1. The highest BCUT2D eigenvalue weighted by molar-refractivity contribution is 7.92. The van der Waals surface area contributed by atoms with Crippen LogP contribution >= 0.6 is 11.6 Å². The zero-order valence-electron chi connectivity index (χ0n) is 12.0. The first-order valence-electron chi connectivity index (χ1n) is 6.40. The van der Waals surface area contributed by atoms with Gasteiger partial charge >= 0.3 is 0 Å². The Labute approximate surface area is 135 Å². The number of hydrogen-bond acceptors (Lipinski definition) is 6. The molecule has 0 saturated carbocycles. The van der Waals surface area contributed by atoms with Gasteiger partial charge in [0.25, 0.3) is 10.0 Å². The van der Waals surface area contributed by atoms with Crippen LogP contribution in [0.3, 0.4) is 0 Å². The molecule has 0 radical (unpaired) electrons. The molecule has 1 aromatic rings. The van der Waals surface area contributed by atoms with Gasteiger partial charge in [-0.3, -0.25) is 0 Å². The van der Waals surface area contributed by atoms with Gasteiger partial charge in [-0.05, 0) is 24.3 Å². The highest BCUT2D eigenvalue weighted by atomic mass is 35.5. The first-order valence-corrected chi connectivity index (χ1v) is 10.0. The second kappa shape index (κ2) is 6.06. The monoisotopic (exact) mass is 368 g/mol. The standard InChI is InChI=1S/C12H17ClN2O5S2/c1-14(2)15(11-7-21(17,18)8-12(11)16)22(19,20)10-5-3-9(13)4-6-10/h3-6,11-12,16H,7-8H2,1-2H3/t11-,12+/m1/s1. The third-order valence-corrected chi connectivity index (χ3v) is 7.24. The van der Waals surface area contributed by atoms with Crippen molar-refractivity contribution in [3.8, 4) is 0 Å². The first-order chi connectivity index (χ1) is 10.0. The molecule has 0 amide bonds. The van der Waals surface area contributed by atoms with Crippen LogP contribution in [-0.4, -0.2) is 69.1 Å². The lowest BCUT2D eigenvalue weighted by atomic mass is 10.2. The SMILES string of the molecule is CN(C)N([C@@H]1CS(=O)(=O)C[C@@H]1O)S(=O)(=O)c1ccc(Cl)cc1. The molecule has 1 N–H and O–H groups in total. The van der Waals surface area contributed by atoms with Crippen LogP contribution < -0.4 is 0 Å². The maximum Gasteiger partial charge on any atom is 0.256 e. The first kappa shape index (κ1) is 17.6. The van der Waals surface area contributed by atoms with E-state index in [0.717, 1.165) is 4.41 Å². The molecule has 1 aliphatic heterocycles. The van der Waals surface area contributed by atoms with E-state index in [-0.39, 0.29) is 4.90 Å². The molecule has 0 spiro atoms. The largest absolute Gasteiger partial charge is 0.390 e. The highest BCUT2D eigenvalue weighted by Gasteiger charge is 2.46. The minimum Gasteiger partial charge on any atom is -0.390 e. The number of nitrogens with zero attached hydrogens (tertiary/aromatic N) is 2. The Morgan fingerprint density at radius 3 is 2.14 bits per heavy atom. The fourth-order valence-electron chi connectivity index (χ4n) is 2.43. The van der Waals surface area contributed by atoms with Crippen molar-refractivity contribution in [2.45, 2.75) is 17.0 Å². The van der Waals surface area contributed by atoms with Crippen LogP contribution in [-0.2, 0) is 19.9 Å². The molecule has 1 aliphatic rings. The van der Waals surface area contributed by atoms with E-state index in [2.05, 4.69) is 0 Å². The molecule has 2 rings (SSSR count). The average Bonchev–Trinajstić information content (AvgIpc) is 2.62. The smallest absolute Gasteiger partial charge is 0.256 e. The van der Waals surface area contributed by atoms with Crippen molar-refractivity contribution in [3.05, 3.63) is 29.3 Å². The number of aliphatic hydroxyl groups excluding tert-OH is 1. The second-order valence-electron chi connectivity index (χ2n) is 5.29. The summed E-state index contributed by atoms with van der Waals surface area (Å²) < 4.78 is 49.8. The van der Waals surface area contributed by atoms with E-state index in [9.17, 15) is 21.9 Å². The van der Waals surface area contributed by atoms with Gasteiger partial charge in [0, 0.05) is 19.1 Å². The molecule has 22 heavy (non-hydrogen) atoms. The second-order valence-corrected chi connectivity index (χ2v) is 9.68. The van der Waals surface area contributed by atoms with E-state index in [0.29, 0.717) is 5.02 Å². The molecule has 0 aliphatic carbocycles. The van der Waals surface area contributed by atoms with Gasteiger partial charge in [0.1, 0.15) is 0 Å². The Bertz CT molecular complexity index is 746. The summed E-state index contributed by atoms with van der Waals surface area (Å²) in [5.74, 6) is -0.864. The van der Waals surface area contributed by atoms with Crippen LogP contribution in [0.25, 0.3) is 0 Å². The van der Waals surface area contributed by atoms with Crippen LogP contribution in [0.2, 0.25) is 5.02 Å². The van der Waals surface area contributed by atoms with E-state index in [1.165, 1.54) is 43.4 Å². The fraction of sp³-hybridized carbons (Fsp3) is 0.500. The lowest BCUT2D eigenvalue weighted by Gasteiger charge is -2.33. The van der Waals surface area contributed by atoms with Gasteiger partial charge in [-0.15, -0.1) is 4.41 Å². The molecule has 1 fully saturated rings. The predicted molar refractivity (Wildman–Crippen MR) is 82.6 cm³/mol. The zero-order valence-corrected chi connectivity index (χ0v) is 14.4. The van der Waals surface area contributed by atoms with Crippen molar-refractivity contribution in [3.63, 3.8) is 0 Å². The third-order valence-electron chi connectivity index (χ3n) is 3.33. The molecule has 2 atom stereocenters. The summed E-state index contributed by atoms with van der Waals surface area (Å²) >= 11 is 5.75. The molecular weight excluding hydrogens is 352 g/mol. The summed E-state index contributed by atoms with van der Waals surface area (Å²) in [5, 5.41) is 11.6. The number of benzene rings is 1. The summed E-state index contributed by atoms with van der Waals surface area (Å²) in [5.41, 5.74) is 0. The van der Waals surface area contributed by atoms with E-state index in [4.69, 9.17) is 11.6 Å². The Morgan fingerprint density at radius 1 is 1.18 bits per heavy atom. The quantitative estimate of drug-likeness (QED) is 0.750. The van der Waals surface area contributed by atoms with Gasteiger partial charge in [0.15, 0.2) is 9.84 Å². The average molecular weight is 369 g/mol. The zero-order chi connectivity index (χ0) is 16.7. The molecule has 7 nitrogen and oxygen atoms in total. The predicted octanol–water partition coefficient (Wildman–Crippen LogP) is -0.0348. The lowest BCUT2D eigenvalue weighted by molar-refractivity contribution is 0.0272. The van der Waals surface area contributed by atoms with Crippen LogP contribution in [0.1, 0.15) is 0 Å². The number of sulfonamides is 1. The van der Waals surface area contributed by atoms with E-state index in [1.54, 1.807) is 0 Å². The number of sulfone groups is 1. The summed E-state index contributed by atoms with van der Waals surface area (Å²) in [4.78, 5) is -0.0258. The number of hydrogen-bond donors (Lipinski definition) is 1. The van der Waals surface area contributed by atoms with Gasteiger partial charge in [0.05, 0.1) is 28.5 Å². The molecule has 1 saturated heterocycles. The van der Waals surface area contributed by atoms with Gasteiger partial charge in [-0.2, -0.15) is 0 Å². The van der Waals surface area contributed by atoms with Crippen molar-refractivity contribution in [2.75, 3.05) is 25.6 Å². The molecule has 1 aromatic carbocycles. The molecular formula is C12H17ClN2O5S2. The molecule has 0 unspecified atom stereocenters. The minimum atomic E-state index is -4.01. The van der Waals surface area contributed by atoms with Crippen LogP contribution in [0.15, 0.2) is 29.2 Å². The van der Waals surface area contributed by atoms with Crippen LogP contribution in [0, 0.1) is 0 Å². The number of hydrazine groups is 1. The third kappa shape index (κ3) is 3.44. The maximum absolute atomic E-state index is 12.8. The molecule has 124 valence electrons. The van der Waals surface area contributed by atoms with Crippen molar-refractivity contribution < 1.29 is 21.9 Å². The normalized spacial score (nSPS) is 25.0.